The number of para-hydroxylation sites is 1. The monoisotopic (exact) mass is 392 g/mol. The molecule has 0 unspecified atom stereocenters. The summed E-state index contributed by atoms with van der Waals surface area (Å²) < 4.78 is 0. The van der Waals surface area contributed by atoms with Gasteiger partial charge in [-0.25, -0.2) is 4.79 Å². The molecular formula is C22H24N4O3. The number of benzene rings is 2. The number of aromatic amines is 1. The molecule has 3 aromatic rings. The molecule has 2 aromatic carbocycles. The summed E-state index contributed by atoms with van der Waals surface area (Å²) >= 11 is 0. The standard InChI is InChI=1S/C22H24N4O3/c27-20(15-6-2-1-3-7-15)25-22(29)23-16-10-12-26(13-11-16)14-18-17-8-4-5-9-19(17)24-21(18)28/h1-9,16,24,28H,10-14H2,(H2,23,25,27,29). The number of hydrogen-bond donors (Lipinski definition) is 4. The van der Waals surface area contributed by atoms with Gasteiger partial charge >= 0.3 is 6.03 Å². The lowest BCUT2D eigenvalue weighted by Gasteiger charge is -2.32. The Balaban J connectivity index is 1.28. The molecule has 1 aliphatic heterocycles. The molecule has 7 nitrogen and oxygen atoms in total. The predicted molar refractivity (Wildman–Crippen MR) is 111 cm³/mol. The molecule has 1 saturated heterocycles. The molecule has 0 bridgehead atoms. The highest BCUT2D eigenvalue weighted by molar-refractivity contribution is 6.04. The molecule has 0 aliphatic carbocycles. The van der Waals surface area contributed by atoms with Crippen molar-refractivity contribution >= 4 is 22.8 Å². The lowest BCUT2D eigenvalue weighted by Crippen LogP contribution is -2.49. The molecule has 1 fully saturated rings. The summed E-state index contributed by atoms with van der Waals surface area (Å²) in [6.45, 7) is 2.26. The van der Waals surface area contributed by atoms with Gasteiger partial charge < -0.3 is 15.4 Å². The van der Waals surface area contributed by atoms with Crippen LogP contribution in [0, 0.1) is 0 Å². The van der Waals surface area contributed by atoms with Crippen LogP contribution in [0.3, 0.4) is 0 Å². The van der Waals surface area contributed by atoms with Gasteiger partial charge in [0, 0.05) is 47.7 Å². The van der Waals surface area contributed by atoms with E-state index in [0.717, 1.165) is 42.4 Å². The van der Waals surface area contributed by atoms with E-state index in [-0.39, 0.29) is 11.9 Å². The molecule has 0 atom stereocenters. The fourth-order valence-electron chi connectivity index (χ4n) is 3.79. The number of H-pyrrole nitrogens is 1. The number of fused-ring (bicyclic) bond motifs is 1. The number of amides is 3. The first-order chi connectivity index (χ1) is 14.1. The molecular weight excluding hydrogens is 368 g/mol. The van der Waals surface area contributed by atoms with E-state index in [1.54, 1.807) is 24.3 Å². The van der Waals surface area contributed by atoms with E-state index < -0.39 is 11.9 Å². The minimum absolute atomic E-state index is 0.0198. The third-order valence-electron chi connectivity index (χ3n) is 5.36. The fraction of sp³-hybridized carbons (Fsp3) is 0.273. The second-order valence-corrected chi connectivity index (χ2v) is 7.34. The van der Waals surface area contributed by atoms with Crippen molar-refractivity contribution in [2.24, 2.45) is 0 Å². The number of hydrogen-bond acceptors (Lipinski definition) is 4. The van der Waals surface area contributed by atoms with Crippen LogP contribution in [0.2, 0.25) is 0 Å². The molecule has 4 rings (SSSR count). The minimum Gasteiger partial charge on any atom is -0.494 e. The zero-order chi connectivity index (χ0) is 20.2. The lowest BCUT2D eigenvalue weighted by molar-refractivity contribution is 0.0962. The minimum atomic E-state index is -0.466. The van der Waals surface area contributed by atoms with E-state index >= 15 is 0 Å². The van der Waals surface area contributed by atoms with Crippen molar-refractivity contribution in [2.45, 2.75) is 25.4 Å². The van der Waals surface area contributed by atoms with Gasteiger partial charge in [0.25, 0.3) is 5.91 Å². The molecule has 1 aromatic heterocycles. The second-order valence-electron chi connectivity index (χ2n) is 7.34. The number of nitrogens with one attached hydrogen (secondary N) is 3. The number of aromatic nitrogens is 1. The van der Waals surface area contributed by atoms with Crippen molar-refractivity contribution in [2.75, 3.05) is 13.1 Å². The van der Waals surface area contributed by atoms with Crippen molar-refractivity contribution in [3.05, 3.63) is 65.7 Å². The van der Waals surface area contributed by atoms with E-state index in [4.69, 9.17) is 0 Å². The topological polar surface area (TPSA) is 97.5 Å². The molecule has 3 amide bonds. The number of aromatic hydroxyl groups is 1. The molecule has 29 heavy (non-hydrogen) atoms. The Labute approximate surface area is 168 Å². The van der Waals surface area contributed by atoms with Gasteiger partial charge in [0.15, 0.2) is 5.88 Å². The summed E-state index contributed by atoms with van der Waals surface area (Å²) in [5.74, 6) is -0.194. The first-order valence-corrected chi connectivity index (χ1v) is 9.78. The molecule has 0 spiro atoms. The zero-order valence-electron chi connectivity index (χ0n) is 16.0. The Morgan fingerprint density at radius 1 is 1.03 bits per heavy atom. The number of carbonyl (C=O) groups excluding carboxylic acids is 2. The summed E-state index contributed by atoms with van der Waals surface area (Å²) in [5.41, 5.74) is 2.28. The maximum Gasteiger partial charge on any atom is 0.321 e. The van der Waals surface area contributed by atoms with Crippen LogP contribution in [0.25, 0.3) is 10.9 Å². The number of imide groups is 1. The van der Waals surface area contributed by atoms with Crippen molar-refractivity contribution in [1.29, 1.82) is 0 Å². The van der Waals surface area contributed by atoms with E-state index in [0.29, 0.717) is 12.1 Å². The Kier molecular flexibility index (Phi) is 5.48. The Hall–Kier alpha value is -3.32. The third-order valence-corrected chi connectivity index (χ3v) is 5.36. The van der Waals surface area contributed by atoms with Gasteiger partial charge in [0.2, 0.25) is 0 Å². The predicted octanol–water partition coefficient (Wildman–Crippen LogP) is 2.98. The van der Waals surface area contributed by atoms with Crippen molar-refractivity contribution in [3.8, 4) is 5.88 Å². The third kappa shape index (κ3) is 4.41. The van der Waals surface area contributed by atoms with Gasteiger partial charge in [-0.05, 0) is 31.0 Å². The van der Waals surface area contributed by atoms with Crippen LogP contribution in [0.15, 0.2) is 54.6 Å². The number of likely N-dealkylation sites (tertiary alicyclic amines) is 1. The molecule has 150 valence electrons. The van der Waals surface area contributed by atoms with Crippen LogP contribution in [0.5, 0.6) is 5.88 Å². The maximum absolute atomic E-state index is 12.1. The lowest BCUT2D eigenvalue weighted by atomic mass is 10.0. The highest BCUT2D eigenvalue weighted by Gasteiger charge is 2.23. The highest BCUT2D eigenvalue weighted by atomic mass is 16.3. The number of urea groups is 1. The fourth-order valence-corrected chi connectivity index (χ4v) is 3.79. The normalized spacial score (nSPS) is 15.3. The van der Waals surface area contributed by atoms with Gasteiger partial charge in [-0.3, -0.25) is 15.0 Å². The van der Waals surface area contributed by atoms with E-state index in [2.05, 4.69) is 20.5 Å². The van der Waals surface area contributed by atoms with Crippen LogP contribution < -0.4 is 10.6 Å². The summed E-state index contributed by atoms with van der Waals surface area (Å²) in [6, 6.07) is 16.1. The van der Waals surface area contributed by atoms with Crippen LogP contribution >= 0.6 is 0 Å². The summed E-state index contributed by atoms with van der Waals surface area (Å²) in [4.78, 5) is 29.5. The second kappa shape index (κ2) is 8.36. The maximum atomic E-state index is 12.1. The average molecular weight is 392 g/mol. The van der Waals surface area contributed by atoms with E-state index in [9.17, 15) is 14.7 Å². The summed E-state index contributed by atoms with van der Waals surface area (Å²) in [7, 11) is 0. The largest absolute Gasteiger partial charge is 0.494 e. The van der Waals surface area contributed by atoms with Gasteiger partial charge in [-0.15, -0.1) is 0 Å². The summed E-state index contributed by atoms with van der Waals surface area (Å²) in [5, 5.41) is 16.5. The quantitative estimate of drug-likeness (QED) is 0.549. The first-order valence-electron chi connectivity index (χ1n) is 9.78. The van der Waals surface area contributed by atoms with Crippen LogP contribution in [-0.4, -0.2) is 46.1 Å². The van der Waals surface area contributed by atoms with Crippen LogP contribution in [-0.2, 0) is 6.54 Å². The first kappa shape index (κ1) is 19.0. The molecule has 0 saturated carbocycles. The van der Waals surface area contributed by atoms with Crippen LogP contribution in [0.4, 0.5) is 4.79 Å². The number of carbonyl (C=O) groups is 2. The highest BCUT2D eigenvalue weighted by Crippen LogP contribution is 2.29. The zero-order valence-corrected chi connectivity index (χ0v) is 16.0. The molecule has 1 aliphatic rings. The Morgan fingerprint density at radius 3 is 2.48 bits per heavy atom. The number of piperidine rings is 1. The van der Waals surface area contributed by atoms with E-state index in [1.165, 1.54) is 0 Å². The molecule has 2 heterocycles. The van der Waals surface area contributed by atoms with Crippen molar-refractivity contribution in [1.82, 2.24) is 20.5 Å². The van der Waals surface area contributed by atoms with Gasteiger partial charge in [-0.2, -0.15) is 0 Å². The number of rotatable bonds is 4. The SMILES string of the molecule is O=C(NC(=O)c1ccccc1)NC1CCN(Cc2c(O)[nH]c3ccccc23)CC1. The Morgan fingerprint density at radius 2 is 1.72 bits per heavy atom. The summed E-state index contributed by atoms with van der Waals surface area (Å²) in [6.07, 6.45) is 1.58. The van der Waals surface area contributed by atoms with Gasteiger partial charge in [-0.1, -0.05) is 36.4 Å². The van der Waals surface area contributed by atoms with Crippen molar-refractivity contribution in [3.63, 3.8) is 0 Å². The van der Waals surface area contributed by atoms with E-state index in [1.807, 2.05) is 30.3 Å². The smallest absolute Gasteiger partial charge is 0.321 e. The Bertz CT molecular complexity index is 1010. The van der Waals surface area contributed by atoms with Gasteiger partial charge in [0.1, 0.15) is 0 Å². The van der Waals surface area contributed by atoms with Gasteiger partial charge in [0.05, 0.1) is 0 Å². The molecule has 4 N–H and O–H groups in total. The molecule has 0 radical (unpaired) electrons. The molecule has 7 heteroatoms. The number of nitrogens with zero attached hydrogens (tertiary/aromatic N) is 1. The van der Waals surface area contributed by atoms with Crippen LogP contribution in [0.1, 0.15) is 28.8 Å². The van der Waals surface area contributed by atoms with Crippen molar-refractivity contribution < 1.29 is 14.7 Å². The average Bonchev–Trinajstić information content (AvgIpc) is 3.05.